The van der Waals surface area contributed by atoms with E-state index in [-0.39, 0.29) is 0 Å². The minimum atomic E-state index is 0.459. The molecule has 0 aliphatic carbocycles. The summed E-state index contributed by atoms with van der Waals surface area (Å²) in [6.07, 6.45) is 5.60. The maximum atomic E-state index is 5.18. The first kappa shape index (κ1) is 7.94. The monoisotopic (exact) mass is 189 g/mol. The van der Waals surface area contributed by atoms with E-state index in [0.29, 0.717) is 6.04 Å². The van der Waals surface area contributed by atoms with E-state index in [9.17, 15) is 0 Å². The first-order valence-electron chi connectivity index (χ1n) is 4.71. The van der Waals surface area contributed by atoms with Crippen molar-refractivity contribution in [2.24, 2.45) is 0 Å². The lowest BCUT2D eigenvalue weighted by Crippen LogP contribution is -2.30. The summed E-state index contributed by atoms with van der Waals surface area (Å²) in [6.45, 7) is 3.68. The van der Waals surface area contributed by atoms with Gasteiger partial charge in [-0.2, -0.15) is 0 Å². The molecule has 0 saturated carbocycles. The minimum Gasteiger partial charge on any atom is -0.377 e. The van der Waals surface area contributed by atoms with Crippen LogP contribution in [0.3, 0.4) is 0 Å². The molecule has 1 fully saturated rings. The number of fused-ring (bicyclic) bond motifs is 1. The molecule has 1 aliphatic heterocycles. The van der Waals surface area contributed by atoms with Gasteiger partial charge >= 0.3 is 0 Å². The highest BCUT2D eigenvalue weighted by Crippen LogP contribution is 2.25. The fraction of sp³-hybridized carbons (Fsp3) is 0.400. The Bertz CT molecular complexity index is 473. The lowest BCUT2D eigenvalue weighted by molar-refractivity contribution is -0.0216. The van der Waals surface area contributed by atoms with Crippen LogP contribution >= 0.6 is 0 Å². The molecule has 1 saturated heterocycles. The van der Waals surface area contributed by atoms with E-state index >= 15 is 0 Å². The van der Waals surface area contributed by atoms with Crippen LogP contribution < -0.4 is 0 Å². The fourth-order valence-corrected chi connectivity index (χ4v) is 1.81. The molecular formula is C10H11N3O. The molecule has 0 spiro atoms. The zero-order chi connectivity index (χ0) is 9.54. The molecule has 72 valence electrons. The number of hydrogen-bond donors (Lipinski definition) is 0. The summed E-state index contributed by atoms with van der Waals surface area (Å²) in [4.78, 5) is 8.34. The Kier molecular flexibility index (Phi) is 1.58. The van der Waals surface area contributed by atoms with Crippen LogP contribution in [-0.2, 0) is 4.74 Å². The molecule has 2 aromatic rings. The van der Waals surface area contributed by atoms with Gasteiger partial charge in [0.15, 0.2) is 0 Å². The van der Waals surface area contributed by atoms with Crippen LogP contribution in [-0.4, -0.2) is 27.7 Å². The molecule has 14 heavy (non-hydrogen) atoms. The Morgan fingerprint density at radius 2 is 2.36 bits per heavy atom. The smallest absolute Gasteiger partial charge is 0.143 e. The maximum absolute atomic E-state index is 5.18. The average Bonchev–Trinajstić information content (AvgIpc) is 2.43. The van der Waals surface area contributed by atoms with Crippen LogP contribution in [0.15, 0.2) is 18.7 Å². The van der Waals surface area contributed by atoms with Gasteiger partial charge in [0.05, 0.1) is 19.3 Å². The molecule has 0 bridgehead atoms. The van der Waals surface area contributed by atoms with Crippen LogP contribution in [0, 0.1) is 6.92 Å². The Hall–Kier alpha value is -1.42. The van der Waals surface area contributed by atoms with Gasteiger partial charge in [-0.1, -0.05) is 0 Å². The Morgan fingerprint density at radius 1 is 1.50 bits per heavy atom. The van der Waals surface area contributed by atoms with Gasteiger partial charge in [-0.05, 0) is 12.5 Å². The summed E-state index contributed by atoms with van der Waals surface area (Å²) < 4.78 is 7.37. The number of hydrogen-bond acceptors (Lipinski definition) is 3. The summed E-state index contributed by atoms with van der Waals surface area (Å²) in [5, 5.41) is 1.14. The number of aryl methyl sites for hydroxylation is 1. The van der Waals surface area contributed by atoms with Gasteiger partial charge in [0.2, 0.25) is 0 Å². The van der Waals surface area contributed by atoms with Crippen molar-refractivity contribution >= 4 is 11.0 Å². The molecule has 0 amide bonds. The lowest BCUT2D eigenvalue weighted by Gasteiger charge is -2.27. The number of aromatic nitrogens is 3. The third-order valence-corrected chi connectivity index (χ3v) is 2.71. The molecule has 3 heterocycles. The predicted octanol–water partition coefficient (Wildman–Crippen LogP) is 1.31. The van der Waals surface area contributed by atoms with Crippen LogP contribution in [0.5, 0.6) is 0 Å². The zero-order valence-corrected chi connectivity index (χ0v) is 7.97. The van der Waals surface area contributed by atoms with Crippen LogP contribution in [0.2, 0.25) is 0 Å². The minimum absolute atomic E-state index is 0.459. The molecule has 0 radical (unpaired) electrons. The Morgan fingerprint density at radius 3 is 3.07 bits per heavy atom. The van der Waals surface area contributed by atoms with Crippen molar-refractivity contribution < 1.29 is 4.74 Å². The van der Waals surface area contributed by atoms with Crippen molar-refractivity contribution in [3.8, 4) is 0 Å². The van der Waals surface area contributed by atoms with Crippen LogP contribution in [0.1, 0.15) is 11.6 Å². The highest BCUT2D eigenvalue weighted by atomic mass is 16.5. The third kappa shape index (κ3) is 0.974. The highest BCUT2D eigenvalue weighted by molar-refractivity contribution is 5.79. The van der Waals surface area contributed by atoms with Gasteiger partial charge in [-0.3, -0.25) is 0 Å². The van der Waals surface area contributed by atoms with Crippen molar-refractivity contribution in [2.45, 2.75) is 13.0 Å². The second-order valence-corrected chi connectivity index (χ2v) is 3.67. The van der Waals surface area contributed by atoms with E-state index in [1.165, 1.54) is 5.56 Å². The van der Waals surface area contributed by atoms with Crippen molar-refractivity contribution in [3.63, 3.8) is 0 Å². The average molecular weight is 189 g/mol. The van der Waals surface area contributed by atoms with Gasteiger partial charge in [0.1, 0.15) is 12.0 Å². The highest BCUT2D eigenvalue weighted by Gasteiger charge is 2.22. The summed E-state index contributed by atoms with van der Waals surface area (Å²) in [5.41, 5.74) is 2.25. The molecule has 4 heteroatoms. The molecule has 4 nitrogen and oxygen atoms in total. The van der Waals surface area contributed by atoms with Gasteiger partial charge in [0, 0.05) is 17.8 Å². The summed E-state index contributed by atoms with van der Waals surface area (Å²) in [6, 6.07) is 0.459. The molecule has 1 aliphatic rings. The molecule has 0 unspecified atom stereocenters. The predicted molar refractivity (Wildman–Crippen MR) is 52.1 cm³/mol. The second kappa shape index (κ2) is 2.78. The largest absolute Gasteiger partial charge is 0.377 e. The quantitative estimate of drug-likeness (QED) is 0.679. The fourth-order valence-electron chi connectivity index (χ4n) is 1.81. The lowest BCUT2D eigenvalue weighted by atomic mass is 10.2. The Balaban J connectivity index is 2.23. The number of rotatable bonds is 1. The van der Waals surface area contributed by atoms with E-state index in [2.05, 4.69) is 27.7 Å². The summed E-state index contributed by atoms with van der Waals surface area (Å²) >= 11 is 0. The Labute approximate surface area is 81.5 Å². The number of ether oxygens (including phenoxy) is 1. The van der Waals surface area contributed by atoms with Gasteiger partial charge < -0.3 is 9.30 Å². The number of nitrogens with zero attached hydrogens (tertiary/aromatic N) is 3. The summed E-state index contributed by atoms with van der Waals surface area (Å²) in [7, 11) is 0. The van der Waals surface area contributed by atoms with E-state index in [1.807, 2.05) is 6.20 Å². The van der Waals surface area contributed by atoms with Crippen molar-refractivity contribution in [2.75, 3.05) is 13.2 Å². The van der Waals surface area contributed by atoms with Gasteiger partial charge in [-0.25, -0.2) is 9.97 Å². The van der Waals surface area contributed by atoms with Crippen LogP contribution in [0.4, 0.5) is 0 Å². The van der Waals surface area contributed by atoms with Gasteiger partial charge in [-0.15, -0.1) is 0 Å². The second-order valence-electron chi connectivity index (χ2n) is 3.67. The molecule has 0 atom stereocenters. The van der Waals surface area contributed by atoms with Crippen molar-refractivity contribution in [3.05, 3.63) is 24.3 Å². The van der Waals surface area contributed by atoms with Crippen molar-refractivity contribution in [1.82, 2.24) is 14.5 Å². The first-order valence-corrected chi connectivity index (χ1v) is 4.71. The van der Waals surface area contributed by atoms with Crippen molar-refractivity contribution in [1.29, 1.82) is 0 Å². The standard InChI is InChI=1S/C10H11N3O/c1-7-3-13(8-4-14-5-8)10-9(7)2-11-6-12-10/h2-3,6,8H,4-5H2,1H3. The molecule has 0 N–H and O–H groups in total. The topological polar surface area (TPSA) is 39.9 Å². The first-order chi connectivity index (χ1) is 6.86. The molecule has 2 aromatic heterocycles. The molecule has 3 rings (SSSR count). The molecule has 0 aromatic carbocycles. The summed E-state index contributed by atoms with van der Waals surface area (Å²) in [5.74, 6) is 0. The maximum Gasteiger partial charge on any atom is 0.143 e. The van der Waals surface area contributed by atoms with E-state index in [4.69, 9.17) is 4.74 Å². The SMILES string of the molecule is Cc1cn(C2COC2)c2ncncc12. The van der Waals surface area contributed by atoms with E-state index < -0.39 is 0 Å². The third-order valence-electron chi connectivity index (χ3n) is 2.71. The molecular weight excluding hydrogens is 178 g/mol. The van der Waals surface area contributed by atoms with E-state index in [0.717, 1.165) is 24.2 Å². The normalized spacial score (nSPS) is 17.2. The zero-order valence-electron chi connectivity index (χ0n) is 7.97. The van der Waals surface area contributed by atoms with E-state index in [1.54, 1.807) is 6.33 Å². The van der Waals surface area contributed by atoms with Gasteiger partial charge in [0.25, 0.3) is 0 Å². The van der Waals surface area contributed by atoms with Crippen LogP contribution in [0.25, 0.3) is 11.0 Å².